The number of rotatable bonds is 2. The first-order valence-electron chi connectivity index (χ1n) is 7.99. The zero-order valence-corrected chi connectivity index (χ0v) is 15.8. The van der Waals surface area contributed by atoms with Crippen molar-refractivity contribution >= 4 is 57.9 Å². The van der Waals surface area contributed by atoms with Gasteiger partial charge in [-0.15, -0.1) is 10.2 Å². The van der Waals surface area contributed by atoms with Crippen LogP contribution in [0.3, 0.4) is 0 Å². The standard InChI is InChI=1S/C17H12Cl2N6O2/c1-3-25-11-5-9(19)6-20-13(11)14(17(25)27)23-22-12-10-4-8(18)7-21-15(10)24(2)16(12)26/h4-7H,3H2,1-2H3/b22-12-,23-14-. The van der Waals surface area contributed by atoms with Crippen LogP contribution in [0.25, 0.3) is 0 Å². The molecule has 136 valence electrons. The average molecular weight is 403 g/mol. The summed E-state index contributed by atoms with van der Waals surface area (Å²) in [5.74, 6) is -0.303. The number of hydrogen-bond acceptors (Lipinski definition) is 6. The van der Waals surface area contributed by atoms with E-state index >= 15 is 0 Å². The third kappa shape index (κ3) is 2.68. The van der Waals surface area contributed by atoms with Gasteiger partial charge < -0.3 is 4.90 Å². The molecule has 8 nitrogen and oxygen atoms in total. The number of pyridine rings is 2. The predicted octanol–water partition coefficient (Wildman–Crippen LogP) is 2.32. The molecule has 2 aliphatic rings. The van der Waals surface area contributed by atoms with Gasteiger partial charge in [-0.3, -0.25) is 19.5 Å². The Balaban J connectivity index is 1.83. The number of aromatic nitrogens is 2. The Bertz CT molecular complexity index is 1070. The summed E-state index contributed by atoms with van der Waals surface area (Å²) in [5.41, 5.74) is 1.51. The van der Waals surface area contributed by atoms with Gasteiger partial charge in [0.2, 0.25) is 0 Å². The van der Waals surface area contributed by atoms with Crippen LogP contribution in [-0.4, -0.2) is 46.8 Å². The van der Waals surface area contributed by atoms with E-state index < -0.39 is 0 Å². The van der Waals surface area contributed by atoms with E-state index in [2.05, 4.69) is 20.2 Å². The van der Waals surface area contributed by atoms with Crippen molar-refractivity contribution < 1.29 is 9.59 Å². The Hall–Kier alpha value is -2.84. The lowest BCUT2D eigenvalue weighted by molar-refractivity contribution is -0.113. The summed E-state index contributed by atoms with van der Waals surface area (Å²) >= 11 is 12.0. The summed E-state index contributed by atoms with van der Waals surface area (Å²) in [7, 11) is 1.58. The minimum atomic E-state index is -0.383. The van der Waals surface area contributed by atoms with Crippen LogP contribution in [0.4, 0.5) is 11.5 Å². The molecule has 0 radical (unpaired) electrons. The van der Waals surface area contributed by atoms with Crippen molar-refractivity contribution in [3.63, 3.8) is 0 Å². The van der Waals surface area contributed by atoms with E-state index in [1.165, 1.54) is 22.2 Å². The third-order valence-corrected chi connectivity index (χ3v) is 4.69. The number of halogens is 2. The highest BCUT2D eigenvalue weighted by molar-refractivity contribution is 6.56. The van der Waals surface area contributed by atoms with E-state index in [-0.39, 0.29) is 23.2 Å². The number of fused-ring (bicyclic) bond motifs is 2. The van der Waals surface area contributed by atoms with Gasteiger partial charge >= 0.3 is 0 Å². The lowest BCUT2D eigenvalue weighted by atomic mass is 10.2. The molecular weight excluding hydrogens is 391 g/mol. The molecule has 27 heavy (non-hydrogen) atoms. The second kappa shape index (κ2) is 6.40. The highest BCUT2D eigenvalue weighted by Gasteiger charge is 2.36. The summed E-state index contributed by atoms with van der Waals surface area (Å²) in [6, 6.07) is 3.24. The normalized spacial score (nSPS) is 18.7. The highest BCUT2D eigenvalue weighted by Crippen LogP contribution is 2.31. The zero-order valence-electron chi connectivity index (χ0n) is 14.3. The van der Waals surface area contributed by atoms with Crippen LogP contribution in [-0.2, 0) is 9.59 Å². The maximum Gasteiger partial charge on any atom is 0.281 e. The summed E-state index contributed by atoms with van der Waals surface area (Å²) in [6.45, 7) is 2.25. The third-order valence-electron chi connectivity index (χ3n) is 4.28. The second-order valence-electron chi connectivity index (χ2n) is 5.86. The van der Waals surface area contributed by atoms with E-state index in [9.17, 15) is 9.59 Å². The maximum absolute atomic E-state index is 12.7. The molecule has 0 aromatic carbocycles. The number of hydrogen-bond donors (Lipinski definition) is 0. The van der Waals surface area contributed by atoms with Gasteiger partial charge in [-0.05, 0) is 19.1 Å². The largest absolute Gasteiger partial charge is 0.305 e. The fourth-order valence-corrected chi connectivity index (χ4v) is 3.31. The van der Waals surface area contributed by atoms with E-state index in [4.69, 9.17) is 23.2 Å². The van der Waals surface area contributed by atoms with Crippen molar-refractivity contribution in [3.05, 3.63) is 45.8 Å². The van der Waals surface area contributed by atoms with Crippen LogP contribution in [0.2, 0.25) is 10.0 Å². The van der Waals surface area contributed by atoms with E-state index in [1.807, 2.05) is 6.92 Å². The molecule has 2 aromatic rings. The van der Waals surface area contributed by atoms with Gasteiger partial charge in [-0.1, -0.05) is 23.2 Å². The molecule has 2 amide bonds. The minimum Gasteiger partial charge on any atom is -0.305 e. The van der Waals surface area contributed by atoms with Crippen molar-refractivity contribution in [3.8, 4) is 0 Å². The first-order chi connectivity index (χ1) is 12.9. The Kier molecular flexibility index (Phi) is 4.16. The molecule has 2 aliphatic heterocycles. The van der Waals surface area contributed by atoms with Crippen LogP contribution in [0, 0.1) is 0 Å². The van der Waals surface area contributed by atoms with E-state index in [0.717, 1.165) is 0 Å². The predicted molar refractivity (Wildman–Crippen MR) is 103 cm³/mol. The summed E-state index contributed by atoms with van der Waals surface area (Å²) < 4.78 is 0. The maximum atomic E-state index is 12.7. The molecule has 0 atom stereocenters. The van der Waals surface area contributed by atoms with Crippen molar-refractivity contribution in [2.45, 2.75) is 6.92 Å². The van der Waals surface area contributed by atoms with E-state index in [0.29, 0.717) is 39.4 Å². The van der Waals surface area contributed by atoms with E-state index in [1.54, 1.807) is 19.2 Å². The molecule has 2 aromatic heterocycles. The van der Waals surface area contributed by atoms with Crippen LogP contribution < -0.4 is 9.80 Å². The number of carbonyl (C=O) groups excluding carboxylic acids is 2. The summed E-state index contributed by atoms with van der Waals surface area (Å²) in [4.78, 5) is 36.4. The van der Waals surface area contributed by atoms with Gasteiger partial charge in [-0.2, -0.15) is 0 Å². The minimum absolute atomic E-state index is 0.0508. The van der Waals surface area contributed by atoms with Gasteiger partial charge in [0.1, 0.15) is 11.5 Å². The van der Waals surface area contributed by atoms with Gasteiger partial charge in [-0.25, -0.2) is 4.98 Å². The number of nitrogens with zero attached hydrogens (tertiary/aromatic N) is 6. The Labute approximate surface area is 164 Å². The molecule has 0 unspecified atom stereocenters. The first-order valence-corrected chi connectivity index (χ1v) is 8.75. The van der Waals surface area contributed by atoms with Gasteiger partial charge in [0.25, 0.3) is 11.8 Å². The lowest BCUT2D eigenvalue weighted by Crippen LogP contribution is -2.29. The average Bonchev–Trinajstić information content (AvgIpc) is 3.03. The highest BCUT2D eigenvalue weighted by atomic mass is 35.5. The van der Waals surface area contributed by atoms with Crippen LogP contribution in [0.1, 0.15) is 18.2 Å². The van der Waals surface area contributed by atoms with Crippen LogP contribution >= 0.6 is 23.2 Å². The molecule has 0 bridgehead atoms. The number of anilines is 2. The molecule has 0 saturated carbocycles. The number of carbonyl (C=O) groups is 2. The Morgan fingerprint density at radius 2 is 1.67 bits per heavy atom. The molecule has 10 heteroatoms. The number of amides is 2. The molecule has 0 aliphatic carbocycles. The molecular formula is C17H12Cl2N6O2. The SMILES string of the molecule is CCN1C(=O)/C(=N\N=C2/C(=O)N(C)c3ncc(Cl)cc32)c2ncc(Cl)cc21. The fourth-order valence-electron chi connectivity index (χ4n) is 3.00. The monoisotopic (exact) mass is 402 g/mol. The van der Waals surface area contributed by atoms with Crippen molar-refractivity contribution in [1.82, 2.24) is 9.97 Å². The Morgan fingerprint density at radius 1 is 1.00 bits per heavy atom. The Morgan fingerprint density at radius 3 is 2.41 bits per heavy atom. The van der Waals surface area contributed by atoms with Gasteiger partial charge in [0, 0.05) is 26.0 Å². The van der Waals surface area contributed by atoms with Gasteiger partial charge in [0.15, 0.2) is 11.4 Å². The smallest absolute Gasteiger partial charge is 0.281 e. The second-order valence-corrected chi connectivity index (χ2v) is 6.73. The molecule has 0 saturated heterocycles. The number of likely N-dealkylation sites (N-methyl/N-ethyl adjacent to an activating group) is 2. The topological polar surface area (TPSA) is 91.1 Å². The quantitative estimate of drug-likeness (QED) is 0.720. The van der Waals surface area contributed by atoms with Crippen molar-refractivity contribution in [2.75, 3.05) is 23.4 Å². The molecule has 0 N–H and O–H groups in total. The van der Waals surface area contributed by atoms with Crippen molar-refractivity contribution in [1.29, 1.82) is 0 Å². The van der Waals surface area contributed by atoms with Crippen LogP contribution in [0.5, 0.6) is 0 Å². The van der Waals surface area contributed by atoms with Crippen molar-refractivity contribution in [2.24, 2.45) is 10.2 Å². The first kappa shape index (κ1) is 17.6. The lowest BCUT2D eigenvalue weighted by Gasteiger charge is -2.12. The molecule has 0 fully saturated rings. The van der Waals surface area contributed by atoms with Gasteiger partial charge in [0.05, 0.1) is 21.3 Å². The molecule has 4 heterocycles. The fraction of sp³-hybridized carbons (Fsp3) is 0.176. The molecule has 4 rings (SSSR count). The summed E-state index contributed by atoms with van der Waals surface area (Å²) in [6.07, 6.45) is 2.88. The summed E-state index contributed by atoms with van der Waals surface area (Å²) in [5, 5.41) is 8.89. The zero-order chi connectivity index (χ0) is 19.3. The van der Waals surface area contributed by atoms with Crippen LogP contribution in [0.15, 0.2) is 34.7 Å². The molecule has 0 spiro atoms.